The molecule has 7 heteroatoms. The molecule has 0 unspecified atom stereocenters. The molecule has 3 rings (SSSR count). The molecule has 33 heavy (non-hydrogen) atoms. The van der Waals surface area contributed by atoms with Gasteiger partial charge in [0, 0.05) is 30.5 Å². The maximum Gasteiger partial charge on any atom is 0.407 e. The fraction of sp³-hybridized carbons (Fsp3) is 0.423. The van der Waals surface area contributed by atoms with Gasteiger partial charge in [0.2, 0.25) is 5.91 Å². The van der Waals surface area contributed by atoms with Crippen molar-refractivity contribution in [3.8, 4) is 11.1 Å². The van der Waals surface area contributed by atoms with E-state index in [1.165, 1.54) is 4.90 Å². The van der Waals surface area contributed by atoms with Crippen LogP contribution in [0.4, 0.5) is 4.79 Å². The van der Waals surface area contributed by atoms with E-state index in [0.717, 1.165) is 22.3 Å². The van der Waals surface area contributed by atoms with E-state index in [4.69, 9.17) is 9.84 Å². The zero-order valence-corrected chi connectivity index (χ0v) is 19.6. The summed E-state index contributed by atoms with van der Waals surface area (Å²) in [6, 6.07) is 15.8. The van der Waals surface area contributed by atoms with Crippen molar-refractivity contribution >= 4 is 18.0 Å². The Bertz CT molecular complexity index is 982. The molecule has 2 aromatic carbocycles. The summed E-state index contributed by atoms with van der Waals surface area (Å²) in [6.45, 7) is 7.63. The number of rotatable bonds is 8. The predicted octanol–water partition coefficient (Wildman–Crippen LogP) is 4.41. The Morgan fingerprint density at radius 2 is 1.58 bits per heavy atom. The Kier molecular flexibility index (Phi) is 7.41. The number of amides is 2. The second kappa shape index (κ2) is 10.1. The van der Waals surface area contributed by atoms with Crippen LogP contribution in [-0.4, -0.2) is 52.7 Å². The molecule has 0 saturated carbocycles. The summed E-state index contributed by atoms with van der Waals surface area (Å²) in [5, 5.41) is 11.7. The average molecular weight is 453 g/mol. The second-order valence-electron chi connectivity index (χ2n) is 9.43. The number of carboxylic acid groups (broad SMARTS) is 1. The highest BCUT2D eigenvalue weighted by molar-refractivity contribution is 5.80. The topological polar surface area (TPSA) is 95.9 Å². The number of ether oxygens (including phenoxy) is 1. The minimum Gasteiger partial charge on any atom is -0.481 e. The van der Waals surface area contributed by atoms with Gasteiger partial charge in [0.25, 0.3) is 0 Å². The number of alkyl carbamates (subject to hydrolysis) is 1. The molecule has 0 bridgehead atoms. The van der Waals surface area contributed by atoms with E-state index in [1.54, 1.807) is 6.92 Å². The number of carbonyl (C=O) groups excluding carboxylic acids is 2. The standard InChI is InChI=1S/C26H32N2O5/c1-17(15-23(29)28(26(2,3)4)14-13-24(30)31)27-25(32)33-16-22-20-11-7-5-9-18(20)19-10-6-8-12-21(19)22/h5-12,17,22H,13-16H2,1-4H3,(H,27,32)(H,30,31)/t17-/m1/s1. The summed E-state index contributed by atoms with van der Waals surface area (Å²) in [4.78, 5) is 37.7. The Hall–Kier alpha value is -3.35. The van der Waals surface area contributed by atoms with E-state index in [9.17, 15) is 14.4 Å². The van der Waals surface area contributed by atoms with E-state index < -0.39 is 23.6 Å². The molecule has 1 aliphatic rings. The minimum atomic E-state index is -0.957. The molecule has 0 saturated heterocycles. The summed E-state index contributed by atoms with van der Waals surface area (Å²) in [6.07, 6.45) is -0.650. The van der Waals surface area contributed by atoms with Crippen LogP contribution < -0.4 is 5.32 Å². The van der Waals surface area contributed by atoms with Crippen LogP contribution in [0.2, 0.25) is 0 Å². The number of carbonyl (C=O) groups is 3. The Morgan fingerprint density at radius 1 is 1.03 bits per heavy atom. The van der Waals surface area contributed by atoms with Gasteiger partial charge in [-0.2, -0.15) is 0 Å². The van der Waals surface area contributed by atoms with E-state index >= 15 is 0 Å². The first-order valence-corrected chi connectivity index (χ1v) is 11.2. The van der Waals surface area contributed by atoms with E-state index in [-0.39, 0.29) is 37.8 Å². The van der Waals surface area contributed by atoms with Gasteiger partial charge < -0.3 is 20.1 Å². The van der Waals surface area contributed by atoms with Gasteiger partial charge in [-0.1, -0.05) is 48.5 Å². The molecule has 1 aliphatic carbocycles. The van der Waals surface area contributed by atoms with Crippen LogP contribution in [0, 0.1) is 0 Å². The Morgan fingerprint density at radius 3 is 2.09 bits per heavy atom. The number of nitrogens with zero attached hydrogens (tertiary/aromatic N) is 1. The number of hydrogen-bond donors (Lipinski definition) is 2. The van der Waals surface area contributed by atoms with Gasteiger partial charge in [0.1, 0.15) is 6.61 Å². The molecule has 0 fully saturated rings. The molecule has 0 radical (unpaired) electrons. The van der Waals surface area contributed by atoms with Crippen molar-refractivity contribution in [3.63, 3.8) is 0 Å². The molecular formula is C26H32N2O5. The van der Waals surface area contributed by atoms with Crippen LogP contribution in [-0.2, 0) is 14.3 Å². The quantitative estimate of drug-likeness (QED) is 0.619. The predicted molar refractivity (Wildman–Crippen MR) is 126 cm³/mol. The van der Waals surface area contributed by atoms with Crippen LogP contribution in [0.15, 0.2) is 48.5 Å². The van der Waals surface area contributed by atoms with Crippen molar-refractivity contribution in [3.05, 3.63) is 59.7 Å². The van der Waals surface area contributed by atoms with Gasteiger partial charge in [-0.25, -0.2) is 4.79 Å². The fourth-order valence-corrected chi connectivity index (χ4v) is 4.31. The van der Waals surface area contributed by atoms with Gasteiger partial charge >= 0.3 is 12.1 Å². The van der Waals surface area contributed by atoms with E-state index in [2.05, 4.69) is 29.6 Å². The van der Waals surface area contributed by atoms with Crippen molar-refractivity contribution in [1.82, 2.24) is 10.2 Å². The molecule has 7 nitrogen and oxygen atoms in total. The van der Waals surface area contributed by atoms with Crippen LogP contribution in [0.5, 0.6) is 0 Å². The number of nitrogens with one attached hydrogen (secondary N) is 1. The zero-order chi connectivity index (χ0) is 24.2. The summed E-state index contributed by atoms with van der Waals surface area (Å²) < 4.78 is 5.55. The summed E-state index contributed by atoms with van der Waals surface area (Å²) >= 11 is 0. The van der Waals surface area contributed by atoms with Crippen molar-refractivity contribution in [2.75, 3.05) is 13.2 Å². The highest BCUT2D eigenvalue weighted by Crippen LogP contribution is 2.44. The van der Waals surface area contributed by atoms with Gasteiger partial charge in [0.15, 0.2) is 0 Å². The first-order valence-electron chi connectivity index (χ1n) is 11.2. The molecule has 2 aromatic rings. The lowest BCUT2D eigenvalue weighted by Crippen LogP contribution is -2.48. The van der Waals surface area contributed by atoms with Crippen LogP contribution in [0.3, 0.4) is 0 Å². The molecule has 2 N–H and O–H groups in total. The minimum absolute atomic E-state index is 0.0347. The van der Waals surface area contributed by atoms with Crippen molar-refractivity contribution in [1.29, 1.82) is 0 Å². The van der Waals surface area contributed by atoms with Crippen molar-refractivity contribution in [2.24, 2.45) is 0 Å². The summed E-state index contributed by atoms with van der Waals surface area (Å²) in [7, 11) is 0. The van der Waals surface area contributed by atoms with Crippen LogP contribution in [0.25, 0.3) is 11.1 Å². The monoisotopic (exact) mass is 452 g/mol. The number of carboxylic acids is 1. The number of fused-ring (bicyclic) bond motifs is 3. The molecule has 0 spiro atoms. The van der Waals surface area contributed by atoms with Gasteiger partial charge in [0.05, 0.1) is 6.42 Å². The van der Waals surface area contributed by atoms with Gasteiger partial charge in [-0.05, 0) is 49.9 Å². The lowest BCUT2D eigenvalue weighted by molar-refractivity contribution is -0.140. The Balaban J connectivity index is 1.57. The van der Waals surface area contributed by atoms with Crippen LogP contribution in [0.1, 0.15) is 57.6 Å². The molecular weight excluding hydrogens is 420 g/mol. The third-order valence-electron chi connectivity index (χ3n) is 5.85. The maximum absolute atomic E-state index is 12.8. The SMILES string of the molecule is C[C@H](CC(=O)N(CCC(=O)O)C(C)(C)C)NC(=O)OCC1c2ccccc2-c2ccccc21. The van der Waals surface area contributed by atoms with E-state index in [0.29, 0.717) is 0 Å². The lowest BCUT2D eigenvalue weighted by Gasteiger charge is -2.36. The van der Waals surface area contributed by atoms with E-state index in [1.807, 2.05) is 45.0 Å². The molecule has 0 aromatic heterocycles. The Labute approximate surface area is 194 Å². The largest absolute Gasteiger partial charge is 0.481 e. The molecule has 0 heterocycles. The third-order valence-corrected chi connectivity index (χ3v) is 5.85. The molecule has 1 atom stereocenters. The average Bonchev–Trinajstić information content (AvgIpc) is 3.05. The van der Waals surface area contributed by atoms with Gasteiger partial charge in [-0.3, -0.25) is 9.59 Å². The van der Waals surface area contributed by atoms with Gasteiger partial charge in [-0.15, -0.1) is 0 Å². The second-order valence-corrected chi connectivity index (χ2v) is 9.43. The summed E-state index contributed by atoms with van der Waals surface area (Å²) in [5.41, 5.74) is 4.06. The number of hydrogen-bond acceptors (Lipinski definition) is 4. The van der Waals surface area contributed by atoms with Crippen molar-refractivity contribution in [2.45, 2.75) is 58.0 Å². The highest BCUT2D eigenvalue weighted by atomic mass is 16.5. The highest BCUT2D eigenvalue weighted by Gasteiger charge is 2.30. The van der Waals surface area contributed by atoms with Crippen LogP contribution >= 0.6 is 0 Å². The number of aliphatic carboxylic acids is 1. The molecule has 0 aliphatic heterocycles. The molecule has 2 amide bonds. The normalized spacial score (nSPS) is 13.6. The first-order chi connectivity index (χ1) is 15.6. The lowest BCUT2D eigenvalue weighted by atomic mass is 9.98. The fourth-order valence-electron chi connectivity index (χ4n) is 4.31. The zero-order valence-electron chi connectivity index (χ0n) is 19.6. The number of benzene rings is 2. The third kappa shape index (κ3) is 5.92. The summed E-state index contributed by atoms with van der Waals surface area (Å²) in [5.74, 6) is -1.20. The maximum atomic E-state index is 12.8. The smallest absolute Gasteiger partial charge is 0.407 e. The first kappa shape index (κ1) is 24.3. The molecule has 176 valence electrons. The van der Waals surface area contributed by atoms with Crippen molar-refractivity contribution < 1.29 is 24.2 Å².